The molecular formula is C15H17N3O3S3. The molecule has 3 heterocycles. The van der Waals surface area contributed by atoms with E-state index in [4.69, 9.17) is 4.52 Å². The van der Waals surface area contributed by atoms with Crippen LogP contribution >= 0.6 is 22.7 Å². The van der Waals surface area contributed by atoms with Crippen LogP contribution in [0.2, 0.25) is 0 Å². The van der Waals surface area contributed by atoms with Crippen LogP contribution < -0.4 is 4.72 Å². The van der Waals surface area contributed by atoms with Crippen LogP contribution in [0.3, 0.4) is 0 Å². The summed E-state index contributed by atoms with van der Waals surface area (Å²) in [6.07, 6.45) is 2.32. The maximum absolute atomic E-state index is 12.6. The highest BCUT2D eigenvalue weighted by atomic mass is 32.2. The molecule has 0 saturated carbocycles. The molecule has 0 radical (unpaired) electrons. The molecule has 3 aromatic rings. The number of hydrogen-bond donors (Lipinski definition) is 1. The second kappa shape index (κ2) is 6.75. The highest BCUT2D eigenvalue weighted by molar-refractivity contribution is 7.89. The molecule has 0 fully saturated rings. The van der Waals surface area contributed by atoms with Gasteiger partial charge in [0.15, 0.2) is 5.76 Å². The summed E-state index contributed by atoms with van der Waals surface area (Å²) in [5, 5.41) is 4.60. The summed E-state index contributed by atoms with van der Waals surface area (Å²) in [6.45, 7) is 5.98. The molecule has 3 aromatic heterocycles. The van der Waals surface area contributed by atoms with Gasteiger partial charge in [-0.25, -0.2) is 18.1 Å². The lowest BCUT2D eigenvalue weighted by Crippen LogP contribution is -2.23. The normalized spacial score (nSPS) is 12.0. The molecule has 0 atom stereocenters. The van der Waals surface area contributed by atoms with Gasteiger partial charge in [-0.05, 0) is 26.3 Å². The summed E-state index contributed by atoms with van der Waals surface area (Å²) in [6, 6.07) is 3.34. The number of hydrogen-bond acceptors (Lipinski definition) is 7. The highest BCUT2D eigenvalue weighted by Gasteiger charge is 2.22. The van der Waals surface area contributed by atoms with Crippen molar-refractivity contribution in [2.45, 2.75) is 38.6 Å². The van der Waals surface area contributed by atoms with Crippen molar-refractivity contribution in [3.63, 3.8) is 0 Å². The average molecular weight is 384 g/mol. The Labute approximate surface area is 148 Å². The molecule has 128 valence electrons. The van der Waals surface area contributed by atoms with Crippen LogP contribution in [0, 0.1) is 13.8 Å². The second-order valence-electron chi connectivity index (χ2n) is 5.19. The average Bonchev–Trinajstić information content (AvgIpc) is 3.24. The maximum atomic E-state index is 12.6. The maximum Gasteiger partial charge on any atom is 0.242 e. The van der Waals surface area contributed by atoms with Crippen LogP contribution in [0.15, 0.2) is 27.7 Å². The van der Waals surface area contributed by atoms with E-state index in [9.17, 15) is 8.42 Å². The van der Waals surface area contributed by atoms with Crippen LogP contribution in [0.5, 0.6) is 0 Å². The summed E-state index contributed by atoms with van der Waals surface area (Å²) < 4.78 is 33.1. The topological polar surface area (TPSA) is 85.1 Å². The van der Waals surface area contributed by atoms with E-state index in [1.54, 1.807) is 19.1 Å². The largest absolute Gasteiger partial charge is 0.355 e. The van der Waals surface area contributed by atoms with Gasteiger partial charge in [0.05, 0.1) is 26.7 Å². The zero-order chi connectivity index (χ0) is 17.3. The van der Waals surface area contributed by atoms with E-state index in [0.717, 1.165) is 26.9 Å². The number of aryl methyl sites for hydroxylation is 3. The Hall–Kier alpha value is -1.55. The standard InChI is InChI=1S/C15H17N3O3S3/c1-4-11-14(23-10(3)18-11)8-17-24(19,20)15-7-13(22-9(15)2)12-5-6-16-21-12/h5-7,17H,4,8H2,1-3H3. The fraction of sp³-hybridized carbons (Fsp3) is 0.333. The molecule has 1 N–H and O–H groups in total. The Morgan fingerprint density at radius 1 is 1.29 bits per heavy atom. The molecule has 0 unspecified atom stereocenters. The zero-order valence-corrected chi connectivity index (χ0v) is 15.9. The first-order valence-corrected chi connectivity index (χ1v) is 10.5. The molecule has 0 saturated heterocycles. The van der Waals surface area contributed by atoms with Crippen molar-refractivity contribution in [1.29, 1.82) is 0 Å². The van der Waals surface area contributed by atoms with Gasteiger partial charge in [0.2, 0.25) is 10.0 Å². The van der Waals surface area contributed by atoms with Crippen LogP contribution in [0.25, 0.3) is 10.6 Å². The van der Waals surface area contributed by atoms with E-state index >= 15 is 0 Å². The molecule has 0 amide bonds. The Kier molecular flexibility index (Phi) is 4.86. The van der Waals surface area contributed by atoms with Gasteiger partial charge in [0.25, 0.3) is 0 Å². The molecule has 6 nitrogen and oxygen atoms in total. The summed E-state index contributed by atoms with van der Waals surface area (Å²) in [7, 11) is -3.60. The molecule has 0 bridgehead atoms. The van der Waals surface area contributed by atoms with Gasteiger partial charge in [-0.3, -0.25) is 0 Å². The van der Waals surface area contributed by atoms with Gasteiger partial charge in [-0.2, -0.15) is 0 Å². The second-order valence-corrected chi connectivity index (χ2v) is 9.47. The Morgan fingerprint density at radius 2 is 2.08 bits per heavy atom. The number of aromatic nitrogens is 2. The van der Waals surface area contributed by atoms with Crippen molar-refractivity contribution in [1.82, 2.24) is 14.9 Å². The van der Waals surface area contributed by atoms with E-state index in [1.807, 2.05) is 13.8 Å². The number of thiophene rings is 1. The minimum absolute atomic E-state index is 0.254. The molecule has 0 aliphatic heterocycles. The van der Waals surface area contributed by atoms with Gasteiger partial charge >= 0.3 is 0 Å². The minimum Gasteiger partial charge on any atom is -0.355 e. The minimum atomic E-state index is -3.60. The fourth-order valence-corrected chi connectivity index (χ4v) is 5.96. The lowest BCUT2D eigenvalue weighted by Gasteiger charge is -2.05. The van der Waals surface area contributed by atoms with Crippen molar-refractivity contribution in [2.75, 3.05) is 0 Å². The van der Waals surface area contributed by atoms with Crippen molar-refractivity contribution in [3.8, 4) is 10.6 Å². The van der Waals surface area contributed by atoms with Gasteiger partial charge in [-0.1, -0.05) is 12.1 Å². The molecule has 24 heavy (non-hydrogen) atoms. The molecule has 0 aliphatic carbocycles. The van der Waals surface area contributed by atoms with Crippen LogP contribution in [0.4, 0.5) is 0 Å². The third-order valence-corrected chi connectivity index (χ3v) is 7.22. The van der Waals surface area contributed by atoms with E-state index in [2.05, 4.69) is 14.9 Å². The third kappa shape index (κ3) is 3.44. The SMILES string of the molecule is CCc1nc(C)sc1CNS(=O)(=O)c1cc(-c2ccno2)sc1C. The molecule has 0 spiro atoms. The fourth-order valence-electron chi connectivity index (χ4n) is 2.36. The van der Waals surface area contributed by atoms with Crippen molar-refractivity contribution >= 4 is 32.7 Å². The quantitative estimate of drug-likeness (QED) is 0.704. The smallest absolute Gasteiger partial charge is 0.242 e. The van der Waals surface area contributed by atoms with Gasteiger partial charge < -0.3 is 4.52 Å². The predicted molar refractivity (Wildman–Crippen MR) is 94.8 cm³/mol. The number of nitrogens with zero attached hydrogens (tertiary/aromatic N) is 2. The van der Waals surface area contributed by atoms with Gasteiger partial charge in [0.1, 0.15) is 0 Å². The molecule has 3 rings (SSSR count). The summed E-state index contributed by atoms with van der Waals surface area (Å²) in [5.74, 6) is 0.566. The summed E-state index contributed by atoms with van der Waals surface area (Å²) in [5.41, 5.74) is 0.949. The van der Waals surface area contributed by atoms with E-state index < -0.39 is 10.0 Å². The molecular weight excluding hydrogens is 366 g/mol. The van der Waals surface area contributed by atoms with E-state index in [1.165, 1.54) is 28.9 Å². The Balaban J connectivity index is 1.83. The highest BCUT2D eigenvalue weighted by Crippen LogP contribution is 2.33. The monoisotopic (exact) mass is 383 g/mol. The number of rotatable bonds is 6. The van der Waals surface area contributed by atoms with Gasteiger partial charge in [-0.15, -0.1) is 22.7 Å². The van der Waals surface area contributed by atoms with E-state index in [0.29, 0.717) is 10.6 Å². The van der Waals surface area contributed by atoms with Gasteiger partial charge in [0, 0.05) is 22.4 Å². The predicted octanol–water partition coefficient (Wildman–Crippen LogP) is 3.52. The first kappa shape index (κ1) is 17.3. The lowest BCUT2D eigenvalue weighted by atomic mass is 10.3. The zero-order valence-electron chi connectivity index (χ0n) is 13.5. The molecule has 0 aromatic carbocycles. The molecule has 0 aliphatic rings. The van der Waals surface area contributed by atoms with Crippen molar-refractivity contribution < 1.29 is 12.9 Å². The Morgan fingerprint density at radius 3 is 2.75 bits per heavy atom. The number of sulfonamides is 1. The number of nitrogens with one attached hydrogen (secondary N) is 1. The van der Waals surface area contributed by atoms with Crippen molar-refractivity contribution in [3.05, 3.63) is 38.8 Å². The van der Waals surface area contributed by atoms with Crippen molar-refractivity contribution in [2.24, 2.45) is 0 Å². The lowest BCUT2D eigenvalue weighted by molar-refractivity contribution is 0.433. The van der Waals surface area contributed by atoms with Crippen LogP contribution in [0.1, 0.15) is 27.4 Å². The first-order chi connectivity index (χ1) is 11.4. The Bertz CT molecular complexity index is 940. The van der Waals surface area contributed by atoms with Crippen LogP contribution in [-0.2, 0) is 23.0 Å². The third-order valence-electron chi connectivity index (χ3n) is 3.49. The summed E-state index contributed by atoms with van der Waals surface area (Å²) >= 11 is 2.89. The molecule has 9 heteroatoms. The first-order valence-electron chi connectivity index (χ1n) is 7.37. The summed E-state index contributed by atoms with van der Waals surface area (Å²) in [4.78, 5) is 7.12. The number of thiazole rings is 1. The van der Waals surface area contributed by atoms with Crippen LogP contribution in [-0.4, -0.2) is 18.6 Å². The van der Waals surface area contributed by atoms with E-state index in [-0.39, 0.29) is 11.4 Å².